The van der Waals surface area contributed by atoms with Gasteiger partial charge in [0, 0.05) is 17.8 Å². The van der Waals surface area contributed by atoms with Gasteiger partial charge in [0.25, 0.3) is 0 Å². The van der Waals surface area contributed by atoms with Gasteiger partial charge in [-0.3, -0.25) is 0 Å². The number of ether oxygens (including phenoxy) is 2. The molecule has 1 N–H and O–H groups in total. The molecule has 0 unspecified atom stereocenters. The maximum Gasteiger partial charge on any atom is 0.165 e. The molecule has 2 aromatic rings. The second kappa shape index (κ2) is 9.58. The number of hydrogen-bond acceptors (Lipinski definition) is 3. The Morgan fingerprint density at radius 3 is 2.44 bits per heavy atom. The summed E-state index contributed by atoms with van der Waals surface area (Å²) in [7, 11) is 0. The summed E-state index contributed by atoms with van der Waals surface area (Å²) >= 11 is 0. The summed E-state index contributed by atoms with van der Waals surface area (Å²) in [5.41, 5.74) is 4.57. The van der Waals surface area contributed by atoms with Crippen LogP contribution in [0.2, 0.25) is 0 Å². The highest BCUT2D eigenvalue weighted by molar-refractivity contribution is 5.52. The SMILES string of the molecule is C=CCOc1c(CC=C)cc(CNc2ccc(C)cc2)cc1OCC. The number of hydrogen-bond donors (Lipinski definition) is 1. The van der Waals surface area contributed by atoms with Crippen LogP contribution in [0.3, 0.4) is 0 Å². The molecule has 0 aliphatic carbocycles. The Bertz CT molecular complexity index is 705. The molecule has 0 saturated heterocycles. The number of rotatable bonds is 10. The summed E-state index contributed by atoms with van der Waals surface area (Å²) in [6, 6.07) is 12.6. The van der Waals surface area contributed by atoms with E-state index in [1.807, 2.05) is 19.1 Å². The van der Waals surface area contributed by atoms with E-state index in [0.29, 0.717) is 13.2 Å². The fourth-order valence-corrected chi connectivity index (χ4v) is 2.58. The molecule has 0 atom stereocenters. The fourth-order valence-electron chi connectivity index (χ4n) is 2.58. The Labute approximate surface area is 151 Å². The molecule has 0 spiro atoms. The van der Waals surface area contributed by atoms with Gasteiger partial charge >= 0.3 is 0 Å². The van der Waals surface area contributed by atoms with Crippen LogP contribution in [0.25, 0.3) is 0 Å². The van der Waals surface area contributed by atoms with E-state index in [1.165, 1.54) is 5.56 Å². The molecule has 2 rings (SSSR count). The molecule has 132 valence electrons. The zero-order chi connectivity index (χ0) is 18.1. The lowest BCUT2D eigenvalue weighted by Gasteiger charge is -2.17. The maximum absolute atomic E-state index is 5.84. The molecular weight excluding hydrogens is 310 g/mol. The number of nitrogens with one attached hydrogen (secondary N) is 1. The summed E-state index contributed by atoms with van der Waals surface area (Å²) in [6.45, 7) is 13.4. The molecule has 0 aromatic heterocycles. The second-order valence-corrected chi connectivity index (χ2v) is 5.83. The van der Waals surface area contributed by atoms with Gasteiger partial charge in [0.2, 0.25) is 0 Å². The zero-order valence-electron chi connectivity index (χ0n) is 15.2. The standard InChI is InChI=1S/C22H27NO2/c1-5-8-19-14-18(16-23-20-11-9-17(4)10-12-20)15-21(24-7-3)22(19)25-13-6-2/h5-6,9-12,14-15,23H,1-2,7-8,13,16H2,3-4H3. The molecule has 0 aliphatic rings. The average molecular weight is 337 g/mol. The predicted molar refractivity (Wildman–Crippen MR) is 106 cm³/mol. The number of aryl methyl sites for hydroxylation is 1. The van der Waals surface area contributed by atoms with Crippen molar-refractivity contribution < 1.29 is 9.47 Å². The van der Waals surface area contributed by atoms with Crippen LogP contribution in [0.5, 0.6) is 11.5 Å². The topological polar surface area (TPSA) is 30.5 Å². The normalized spacial score (nSPS) is 10.2. The van der Waals surface area contributed by atoms with Gasteiger partial charge in [-0.2, -0.15) is 0 Å². The van der Waals surface area contributed by atoms with Crippen molar-refractivity contribution in [2.75, 3.05) is 18.5 Å². The molecule has 0 fully saturated rings. The van der Waals surface area contributed by atoms with Crippen molar-refractivity contribution in [1.82, 2.24) is 0 Å². The first-order valence-corrected chi connectivity index (χ1v) is 8.61. The fraction of sp³-hybridized carbons (Fsp3) is 0.273. The Morgan fingerprint density at radius 1 is 1.04 bits per heavy atom. The Balaban J connectivity index is 2.25. The number of allylic oxidation sites excluding steroid dienone is 1. The summed E-state index contributed by atoms with van der Waals surface area (Å²) < 4.78 is 11.7. The van der Waals surface area contributed by atoms with Crippen LogP contribution in [0.15, 0.2) is 61.7 Å². The third-order valence-electron chi connectivity index (χ3n) is 3.75. The lowest BCUT2D eigenvalue weighted by molar-refractivity contribution is 0.294. The Hall–Kier alpha value is -2.68. The molecular formula is C22H27NO2. The van der Waals surface area contributed by atoms with Crippen molar-refractivity contribution in [1.29, 1.82) is 0 Å². The van der Waals surface area contributed by atoms with Crippen LogP contribution >= 0.6 is 0 Å². The molecule has 0 amide bonds. The zero-order valence-corrected chi connectivity index (χ0v) is 15.2. The van der Waals surface area contributed by atoms with E-state index in [1.54, 1.807) is 6.08 Å². The van der Waals surface area contributed by atoms with E-state index in [9.17, 15) is 0 Å². The summed E-state index contributed by atoms with van der Waals surface area (Å²) in [6.07, 6.45) is 4.34. The predicted octanol–water partition coefficient (Wildman–Crippen LogP) is 5.30. The second-order valence-electron chi connectivity index (χ2n) is 5.83. The maximum atomic E-state index is 5.84. The first kappa shape index (κ1) is 18.7. The van der Waals surface area contributed by atoms with Crippen molar-refractivity contribution in [3.05, 3.63) is 78.4 Å². The van der Waals surface area contributed by atoms with Crippen LogP contribution < -0.4 is 14.8 Å². The average Bonchev–Trinajstić information content (AvgIpc) is 2.61. The van der Waals surface area contributed by atoms with Crippen LogP contribution in [-0.2, 0) is 13.0 Å². The van der Waals surface area contributed by atoms with Crippen LogP contribution in [-0.4, -0.2) is 13.2 Å². The van der Waals surface area contributed by atoms with Gasteiger partial charge in [0.15, 0.2) is 11.5 Å². The highest BCUT2D eigenvalue weighted by atomic mass is 16.5. The van der Waals surface area contributed by atoms with Gasteiger partial charge < -0.3 is 14.8 Å². The summed E-state index contributed by atoms with van der Waals surface area (Å²) in [5.74, 6) is 1.55. The van der Waals surface area contributed by atoms with Gasteiger partial charge in [-0.15, -0.1) is 6.58 Å². The van der Waals surface area contributed by atoms with Crippen molar-refractivity contribution in [2.24, 2.45) is 0 Å². The van der Waals surface area contributed by atoms with Crippen LogP contribution in [0.1, 0.15) is 23.6 Å². The molecule has 2 aromatic carbocycles. The minimum atomic E-state index is 0.450. The molecule has 3 heteroatoms. The third-order valence-corrected chi connectivity index (χ3v) is 3.75. The molecule has 0 radical (unpaired) electrons. The Morgan fingerprint density at radius 2 is 1.80 bits per heavy atom. The van der Waals surface area contributed by atoms with Crippen molar-refractivity contribution in [3.8, 4) is 11.5 Å². The Kier molecular flexibility index (Phi) is 7.15. The van der Waals surface area contributed by atoms with Gasteiger partial charge in [-0.25, -0.2) is 0 Å². The molecule has 3 nitrogen and oxygen atoms in total. The number of benzene rings is 2. The van der Waals surface area contributed by atoms with Gasteiger partial charge in [-0.05, 0) is 50.1 Å². The van der Waals surface area contributed by atoms with Crippen molar-refractivity contribution in [3.63, 3.8) is 0 Å². The van der Waals surface area contributed by atoms with E-state index >= 15 is 0 Å². The van der Waals surface area contributed by atoms with Gasteiger partial charge in [0.1, 0.15) is 6.61 Å². The third kappa shape index (κ3) is 5.42. The first-order valence-electron chi connectivity index (χ1n) is 8.61. The molecule has 25 heavy (non-hydrogen) atoms. The molecule has 0 saturated carbocycles. The number of anilines is 1. The summed E-state index contributed by atoms with van der Waals surface area (Å²) in [4.78, 5) is 0. The smallest absolute Gasteiger partial charge is 0.165 e. The van der Waals surface area contributed by atoms with Crippen molar-refractivity contribution >= 4 is 5.69 Å². The lowest BCUT2D eigenvalue weighted by atomic mass is 10.1. The highest BCUT2D eigenvalue weighted by Crippen LogP contribution is 2.34. The highest BCUT2D eigenvalue weighted by Gasteiger charge is 2.13. The molecule has 0 aliphatic heterocycles. The first-order chi connectivity index (χ1) is 12.2. The van der Waals surface area contributed by atoms with E-state index < -0.39 is 0 Å². The summed E-state index contributed by atoms with van der Waals surface area (Å²) in [5, 5.41) is 3.45. The van der Waals surface area contributed by atoms with E-state index in [4.69, 9.17) is 9.47 Å². The van der Waals surface area contributed by atoms with Gasteiger partial charge in [0.05, 0.1) is 6.61 Å². The monoisotopic (exact) mass is 337 g/mol. The largest absolute Gasteiger partial charge is 0.490 e. The van der Waals surface area contributed by atoms with E-state index in [2.05, 4.69) is 55.7 Å². The van der Waals surface area contributed by atoms with E-state index in [-0.39, 0.29) is 0 Å². The molecule has 0 bridgehead atoms. The minimum absolute atomic E-state index is 0.450. The van der Waals surface area contributed by atoms with Gasteiger partial charge in [-0.1, -0.05) is 36.4 Å². The van der Waals surface area contributed by atoms with E-state index in [0.717, 1.165) is 41.3 Å². The van der Waals surface area contributed by atoms with Crippen molar-refractivity contribution in [2.45, 2.75) is 26.8 Å². The van der Waals surface area contributed by atoms with Crippen LogP contribution in [0.4, 0.5) is 5.69 Å². The molecule has 0 heterocycles. The van der Waals surface area contributed by atoms with Crippen LogP contribution in [0, 0.1) is 6.92 Å². The quantitative estimate of drug-likeness (QED) is 0.597. The minimum Gasteiger partial charge on any atom is -0.490 e. The lowest BCUT2D eigenvalue weighted by Crippen LogP contribution is -2.06.